The number of carbonyl (C=O) groups is 1. The molecule has 1 saturated heterocycles. The third kappa shape index (κ3) is 4.28. The summed E-state index contributed by atoms with van der Waals surface area (Å²) in [4.78, 5) is 13.1. The largest absolute Gasteiger partial charge is 0.497 e. The zero-order chi connectivity index (χ0) is 20.2. The Morgan fingerprint density at radius 1 is 1.14 bits per heavy atom. The Labute approximate surface area is 174 Å². The number of methoxy groups -OCH3 is 1. The minimum atomic E-state index is -0.163. The lowest BCUT2D eigenvalue weighted by molar-refractivity contribution is 0.102. The van der Waals surface area contributed by atoms with Gasteiger partial charge in [-0.05, 0) is 74.5 Å². The summed E-state index contributed by atoms with van der Waals surface area (Å²) in [5.74, 6) is 0.837. The first-order chi connectivity index (χ1) is 14.2. The molecule has 2 heterocycles. The van der Waals surface area contributed by atoms with E-state index in [2.05, 4.69) is 15.7 Å². The van der Waals surface area contributed by atoms with Gasteiger partial charge in [-0.2, -0.15) is 5.10 Å². The second-order valence-electron chi connectivity index (χ2n) is 7.04. The van der Waals surface area contributed by atoms with E-state index < -0.39 is 0 Å². The number of anilines is 1. The van der Waals surface area contributed by atoms with Crippen LogP contribution in [-0.2, 0) is 0 Å². The molecule has 0 spiro atoms. The highest BCUT2D eigenvalue weighted by Gasteiger charge is 2.27. The van der Waals surface area contributed by atoms with E-state index >= 15 is 0 Å². The number of benzene rings is 2. The summed E-state index contributed by atoms with van der Waals surface area (Å²) in [6.45, 7) is 1.85. The van der Waals surface area contributed by atoms with Gasteiger partial charge in [0.05, 0.1) is 30.3 Å². The van der Waals surface area contributed by atoms with Gasteiger partial charge in [-0.1, -0.05) is 11.6 Å². The summed E-state index contributed by atoms with van der Waals surface area (Å²) in [7, 11) is 1.62. The molecule has 3 aromatic rings. The molecule has 4 rings (SSSR count). The molecule has 0 unspecified atom stereocenters. The third-order valence-electron chi connectivity index (χ3n) is 5.20. The zero-order valence-electron chi connectivity index (χ0n) is 16.2. The fourth-order valence-corrected chi connectivity index (χ4v) is 3.81. The number of halogens is 1. The van der Waals surface area contributed by atoms with Gasteiger partial charge in [0.15, 0.2) is 0 Å². The Bertz CT molecular complexity index is 977. The lowest BCUT2D eigenvalue weighted by Crippen LogP contribution is -2.29. The number of aromatic nitrogens is 2. The van der Waals surface area contributed by atoms with Crippen molar-refractivity contribution in [2.45, 2.75) is 18.8 Å². The predicted octanol–water partition coefficient (Wildman–Crippen LogP) is 4.25. The molecule has 1 fully saturated rings. The third-order valence-corrected chi connectivity index (χ3v) is 5.45. The normalized spacial score (nSPS) is 14.6. The molecule has 0 aliphatic carbocycles. The van der Waals surface area contributed by atoms with Crippen molar-refractivity contribution in [3.05, 3.63) is 71.0 Å². The molecule has 1 aromatic heterocycles. The maximum absolute atomic E-state index is 13.1. The van der Waals surface area contributed by atoms with Crippen molar-refractivity contribution in [3.8, 4) is 11.4 Å². The van der Waals surface area contributed by atoms with Gasteiger partial charge in [0.1, 0.15) is 5.75 Å². The van der Waals surface area contributed by atoms with Crippen LogP contribution < -0.4 is 15.4 Å². The lowest BCUT2D eigenvalue weighted by atomic mass is 9.91. The van der Waals surface area contributed by atoms with E-state index in [1.807, 2.05) is 53.2 Å². The maximum atomic E-state index is 13.1. The molecule has 0 atom stereocenters. The number of nitrogens with zero attached hydrogens (tertiary/aromatic N) is 2. The number of nitrogens with one attached hydrogen (secondary N) is 2. The number of carbonyl (C=O) groups excluding carboxylic acids is 1. The summed E-state index contributed by atoms with van der Waals surface area (Å²) in [5, 5.41) is 11.6. The van der Waals surface area contributed by atoms with Gasteiger partial charge in [-0.15, -0.1) is 0 Å². The van der Waals surface area contributed by atoms with E-state index in [4.69, 9.17) is 16.3 Å². The molecule has 6 nitrogen and oxygen atoms in total. The summed E-state index contributed by atoms with van der Waals surface area (Å²) in [5.41, 5.74) is 3.15. The second-order valence-corrected chi connectivity index (χ2v) is 7.48. The Kier molecular flexibility index (Phi) is 5.83. The van der Waals surface area contributed by atoms with Crippen molar-refractivity contribution in [1.82, 2.24) is 15.1 Å². The number of hydrogen-bond acceptors (Lipinski definition) is 4. The van der Waals surface area contributed by atoms with Gasteiger partial charge in [0.2, 0.25) is 0 Å². The number of rotatable bonds is 5. The molecule has 1 aliphatic rings. The predicted molar refractivity (Wildman–Crippen MR) is 114 cm³/mol. The highest BCUT2D eigenvalue weighted by atomic mass is 35.5. The van der Waals surface area contributed by atoms with E-state index in [9.17, 15) is 4.79 Å². The average molecular weight is 411 g/mol. The van der Waals surface area contributed by atoms with Crippen LogP contribution in [0.5, 0.6) is 5.75 Å². The molecule has 1 amide bonds. The molecule has 7 heteroatoms. The van der Waals surface area contributed by atoms with E-state index in [-0.39, 0.29) is 11.8 Å². The molecule has 0 bridgehead atoms. The van der Waals surface area contributed by atoms with Crippen LogP contribution in [-0.4, -0.2) is 35.9 Å². The number of piperidine rings is 1. The van der Waals surface area contributed by atoms with E-state index in [0.717, 1.165) is 43.1 Å². The van der Waals surface area contributed by atoms with Crippen molar-refractivity contribution >= 4 is 23.2 Å². The quantitative estimate of drug-likeness (QED) is 0.659. The van der Waals surface area contributed by atoms with Crippen molar-refractivity contribution in [1.29, 1.82) is 0 Å². The van der Waals surface area contributed by atoms with Gasteiger partial charge in [0.25, 0.3) is 5.91 Å². The molecular weight excluding hydrogens is 388 g/mol. The van der Waals surface area contributed by atoms with Gasteiger partial charge in [-0.3, -0.25) is 4.79 Å². The highest BCUT2D eigenvalue weighted by molar-refractivity contribution is 6.30. The minimum Gasteiger partial charge on any atom is -0.497 e. The molecular formula is C22H23ClN4O2. The zero-order valence-corrected chi connectivity index (χ0v) is 16.9. The number of amides is 1. The van der Waals surface area contributed by atoms with Gasteiger partial charge in [-0.25, -0.2) is 4.68 Å². The van der Waals surface area contributed by atoms with E-state index in [1.165, 1.54) is 0 Å². The first-order valence-corrected chi connectivity index (χ1v) is 10.0. The summed E-state index contributed by atoms with van der Waals surface area (Å²) in [6.07, 6.45) is 3.58. The smallest absolute Gasteiger partial charge is 0.259 e. The van der Waals surface area contributed by atoms with Crippen molar-refractivity contribution < 1.29 is 9.53 Å². The Morgan fingerprint density at radius 3 is 2.48 bits per heavy atom. The van der Waals surface area contributed by atoms with Crippen LogP contribution in [0.25, 0.3) is 5.69 Å². The van der Waals surface area contributed by atoms with Crippen molar-refractivity contribution in [2.75, 3.05) is 25.5 Å². The lowest BCUT2D eigenvalue weighted by Gasteiger charge is -2.24. The second kappa shape index (κ2) is 8.68. The fraction of sp³-hybridized carbons (Fsp3) is 0.273. The topological polar surface area (TPSA) is 68.2 Å². The molecule has 150 valence electrons. The van der Waals surface area contributed by atoms with Gasteiger partial charge in [0, 0.05) is 16.6 Å². The first kappa shape index (κ1) is 19.5. The molecule has 29 heavy (non-hydrogen) atoms. The molecule has 2 aromatic carbocycles. The summed E-state index contributed by atoms with van der Waals surface area (Å²) in [6, 6.07) is 14.8. The highest BCUT2D eigenvalue weighted by Crippen LogP contribution is 2.31. The standard InChI is InChI=1S/C22H23ClN4O2/c1-29-19-8-4-17(5-9-19)26-22(28)20-14-25-27(18-6-2-16(23)3-7-18)21(20)15-10-12-24-13-11-15/h2-9,14-15,24H,10-13H2,1H3,(H,26,28). The minimum absolute atomic E-state index is 0.163. The average Bonchev–Trinajstić information content (AvgIpc) is 3.21. The first-order valence-electron chi connectivity index (χ1n) is 9.65. The molecule has 0 saturated carbocycles. The van der Waals surface area contributed by atoms with E-state index in [0.29, 0.717) is 16.3 Å². The van der Waals surface area contributed by atoms with Crippen LogP contribution in [0.15, 0.2) is 54.7 Å². The molecule has 1 aliphatic heterocycles. The van der Waals surface area contributed by atoms with Gasteiger partial charge >= 0.3 is 0 Å². The SMILES string of the molecule is COc1ccc(NC(=O)c2cnn(-c3ccc(Cl)cc3)c2C2CCNCC2)cc1. The van der Waals surface area contributed by atoms with Crippen LogP contribution in [0, 0.1) is 0 Å². The Balaban J connectivity index is 1.67. The van der Waals surface area contributed by atoms with E-state index in [1.54, 1.807) is 13.3 Å². The van der Waals surface area contributed by atoms with Crippen LogP contribution >= 0.6 is 11.6 Å². The number of hydrogen-bond donors (Lipinski definition) is 2. The van der Waals surface area contributed by atoms with Crippen molar-refractivity contribution in [2.24, 2.45) is 0 Å². The van der Waals surface area contributed by atoms with Crippen LogP contribution in [0.3, 0.4) is 0 Å². The Hall–Kier alpha value is -2.83. The van der Waals surface area contributed by atoms with Crippen LogP contribution in [0.2, 0.25) is 5.02 Å². The van der Waals surface area contributed by atoms with Crippen molar-refractivity contribution in [3.63, 3.8) is 0 Å². The maximum Gasteiger partial charge on any atom is 0.259 e. The van der Waals surface area contributed by atoms with Crippen LogP contribution in [0.1, 0.15) is 34.8 Å². The summed E-state index contributed by atoms with van der Waals surface area (Å²) >= 11 is 6.04. The van der Waals surface area contributed by atoms with Gasteiger partial charge < -0.3 is 15.4 Å². The van der Waals surface area contributed by atoms with Crippen LogP contribution in [0.4, 0.5) is 5.69 Å². The number of ether oxygens (including phenoxy) is 1. The molecule has 0 radical (unpaired) electrons. The monoisotopic (exact) mass is 410 g/mol. The Morgan fingerprint density at radius 2 is 1.83 bits per heavy atom. The fourth-order valence-electron chi connectivity index (χ4n) is 3.68. The summed E-state index contributed by atoms with van der Waals surface area (Å²) < 4.78 is 7.05. The molecule has 2 N–H and O–H groups in total.